The zero-order valence-electron chi connectivity index (χ0n) is 14.0. The first-order chi connectivity index (χ1) is 12.7. The van der Waals surface area contributed by atoms with Crippen LogP contribution in [0.25, 0.3) is 0 Å². The highest BCUT2D eigenvalue weighted by molar-refractivity contribution is 5.91. The van der Waals surface area contributed by atoms with Crippen molar-refractivity contribution in [2.24, 2.45) is 0 Å². The topological polar surface area (TPSA) is 79.8 Å². The molecule has 26 heavy (non-hydrogen) atoms. The van der Waals surface area contributed by atoms with Crippen LogP contribution in [0.5, 0.6) is 0 Å². The first kappa shape index (κ1) is 17.5. The van der Waals surface area contributed by atoms with Crippen LogP contribution in [-0.2, 0) is 13.0 Å². The summed E-state index contributed by atoms with van der Waals surface area (Å²) in [5, 5.41) is 5.91. The fourth-order valence-electron chi connectivity index (χ4n) is 2.29. The molecule has 0 aliphatic rings. The second-order valence-electron chi connectivity index (χ2n) is 5.63. The molecule has 2 aromatic heterocycles. The molecule has 0 radical (unpaired) electrons. The molecule has 0 atom stereocenters. The average Bonchev–Trinajstić information content (AvgIpc) is 2.69. The molecule has 0 saturated carbocycles. The van der Waals surface area contributed by atoms with Crippen LogP contribution in [0.4, 0.5) is 10.2 Å². The maximum atomic E-state index is 12.8. The van der Waals surface area contributed by atoms with E-state index in [4.69, 9.17) is 0 Å². The number of carbonyl (C=O) groups is 1. The van der Waals surface area contributed by atoms with Gasteiger partial charge in [-0.1, -0.05) is 12.1 Å². The van der Waals surface area contributed by atoms with Crippen molar-refractivity contribution < 1.29 is 9.18 Å². The van der Waals surface area contributed by atoms with E-state index in [-0.39, 0.29) is 17.4 Å². The summed E-state index contributed by atoms with van der Waals surface area (Å²) in [6.07, 6.45) is 7.02. The maximum Gasteiger partial charge on any atom is 0.271 e. The number of amides is 1. The summed E-state index contributed by atoms with van der Waals surface area (Å²) in [6.45, 7) is 1.04. The third-order valence-corrected chi connectivity index (χ3v) is 3.72. The molecule has 1 aromatic carbocycles. The van der Waals surface area contributed by atoms with Gasteiger partial charge in [-0.25, -0.2) is 14.4 Å². The Kier molecular flexibility index (Phi) is 5.82. The Labute approximate surface area is 150 Å². The minimum atomic E-state index is -0.291. The number of nitrogens with one attached hydrogen (secondary N) is 2. The summed E-state index contributed by atoms with van der Waals surface area (Å²) in [7, 11) is 0. The molecular formula is C19H18FN5O. The van der Waals surface area contributed by atoms with E-state index in [9.17, 15) is 9.18 Å². The van der Waals surface area contributed by atoms with Crippen LogP contribution in [-0.4, -0.2) is 27.4 Å². The Balaban J connectivity index is 1.46. The quantitative estimate of drug-likeness (QED) is 0.684. The van der Waals surface area contributed by atoms with Gasteiger partial charge in [0.25, 0.3) is 5.91 Å². The molecule has 3 rings (SSSR count). The van der Waals surface area contributed by atoms with Crippen LogP contribution < -0.4 is 10.6 Å². The Morgan fingerprint density at radius 2 is 1.73 bits per heavy atom. The predicted molar refractivity (Wildman–Crippen MR) is 96.0 cm³/mol. The maximum absolute atomic E-state index is 12.8. The van der Waals surface area contributed by atoms with Crippen molar-refractivity contribution in [3.05, 3.63) is 83.8 Å². The van der Waals surface area contributed by atoms with Gasteiger partial charge in [-0.15, -0.1) is 0 Å². The Bertz CT molecular complexity index is 838. The van der Waals surface area contributed by atoms with Gasteiger partial charge in [0.05, 0.1) is 12.4 Å². The third-order valence-electron chi connectivity index (χ3n) is 3.72. The van der Waals surface area contributed by atoms with Gasteiger partial charge in [0, 0.05) is 25.5 Å². The Hall–Kier alpha value is -3.35. The van der Waals surface area contributed by atoms with Gasteiger partial charge < -0.3 is 10.6 Å². The van der Waals surface area contributed by atoms with Crippen molar-refractivity contribution in [1.82, 2.24) is 20.3 Å². The molecule has 6 nitrogen and oxygen atoms in total. The van der Waals surface area contributed by atoms with Crippen molar-refractivity contribution in [3.63, 3.8) is 0 Å². The summed E-state index contributed by atoms with van der Waals surface area (Å²) >= 11 is 0. The van der Waals surface area contributed by atoms with Crippen molar-refractivity contribution in [2.75, 3.05) is 11.9 Å². The van der Waals surface area contributed by atoms with Crippen molar-refractivity contribution in [2.45, 2.75) is 13.0 Å². The highest BCUT2D eigenvalue weighted by Gasteiger charge is 2.07. The molecular weight excluding hydrogens is 333 g/mol. The summed E-state index contributed by atoms with van der Waals surface area (Å²) in [4.78, 5) is 24.4. The van der Waals surface area contributed by atoms with Crippen LogP contribution in [0.2, 0.25) is 0 Å². The van der Waals surface area contributed by atoms with Crippen LogP contribution in [0.15, 0.2) is 61.2 Å². The van der Waals surface area contributed by atoms with E-state index in [2.05, 4.69) is 25.6 Å². The van der Waals surface area contributed by atoms with E-state index in [1.54, 1.807) is 24.5 Å². The molecule has 0 fully saturated rings. The number of pyridine rings is 1. The largest absolute Gasteiger partial charge is 0.365 e. The molecule has 2 N–H and O–H groups in total. The van der Waals surface area contributed by atoms with E-state index in [0.29, 0.717) is 25.3 Å². The molecule has 132 valence electrons. The first-order valence-electron chi connectivity index (χ1n) is 8.18. The number of carbonyl (C=O) groups excluding carboxylic acids is 1. The number of halogens is 1. The fourth-order valence-corrected chi connectivity index (χ4v) is 2.29. The van der Waals surface area contributed by atoms with Crippen LogP contribution in [0.1, 0.15) is 21.6 Å². The average molecular weight is 351 g/mol. The lowest BCUT2D eigenvalue weighted by Gasteiger charge is -2.07. The van der Waals surface area contributed by atoms with Gasteiger partial charge in [-0.05, 0) is 41.8 Å². The standard InChI is InChI=1S/C19H18FN5O/c20-16-3-1-14(2-4-16)7-10-22-19(26)17-12-25-18(13-23-17)24-11-15-5-8-21-9-6-15/h1-6,8-9,12-13H,7,10-11H2,(H,22,26)(H,24,25). The molecule has 0 unspecified atom stereocenters. The predicted octanol–water partition coefficient (Wildman–Crippen LogP) is 2.60. The zero-order valence-corrected chi connectivity index (χ0v) is 14.0. The van der Waals surface area contributed by atoms with Crippen molar-refractivity contribution >= 4 is 11.7 Å². The fraction of sp³-hybridized carbons (Fsp3) is 0.158. The summed E-state index contributed by atoms with van der Waals surface area (Å²) in [5.74, 6) is 0.0238. The lowest BCUT2D eigenvalue weighted by molar-refractivity contribution is 0.0949. The normalized spacial score (nSPS) is 10.3. The molecule has 0 spiro atoms. The number of hydrogen-bond donors (Lipinski definition) is 2. The van der Waals surface area contributed by atoms with Gasteiger partial charge in [-0.2, -0.15) is 0 Å². The second kappa shape index (κ2) is 8.66. The highest BCUT2D eigenvalue weighted by atomic mass is 19.1. The smallest absolute Gasteiger partial charge is 0.271 e. The highest BCUT2D eigenvalue weighted by Crippen LogP contribution is 2.05. The van der Waals surface area contributed by atoms with E-state index in [1.165, 1.54) is 24.5 Å². The SMILES string of the molecule is O=C(NCCc1ccc(F)cc1)c1cnc(NCc2ccncc2)cn1. The second-order valence-corrected chi connectivity index (χ2v) is 5.63. The molecule has 1 amide bonds. The molecule has 0 bridgehead atoms. The molecule has 0 aliphatic heterocycles. The Morgan fingerprint density at radius 3 is 2.42 bits per heavy atom. The minimum Gasteiger partial charge on any atom is -0.365 e. The molecule has 2 heterocycles. The van der Waals surface area contributed by atoms with E-state index in [1.807, 2.05) is 12.1 Å². The monoisotopic (exact) mass is 351 g/mol. The lowest BCUT2D eigenvalue weighted by atomic mass is 10.1. The minimum absolute atomic E-state index is 0.249. The van der Waals surface area contributed by atoms with Gasteiger partial charge in [-0.3, -0.25) is 9.78 Å². The van der Waals surface area contributed by atoms with Crippen molar-refractivity contribution in [3.8, 4) is 0 Å². The van der Waals surface area contributed by atoms with E-state index < -0.39 is 0 Å². The lowest BCUT2D eigenvalue weighted by Crippen LogP contribution is -2.26. The number of benzene rings is 1. The van der Waals surface area contributed by atoms with Gasteiger partial charge >= 0.3 is 0 Å². The number of rotatable bonds is 7. The van der Waals surface area contributed by atoms with Crippen LogP contribution >= 0.6 is 0 Å². The van der Waals surface area contributed by atoms with E-state index in [0.717, 1.165) is 11.1 Å². The van der Waals surface area contributed by atoms with Crippen molar-refractivity contribution in [1.29, 1.82) is 0 Å². The van der Waals surface area contributed by atoms with Gasteiger partial charge in [0.2, 0.25) is 0 Å². The van der Waals surface area contributed by atoms with Crippen LogP contribution in [0, 0.1) is 5.82 Å². The van der Waals surface area contributed by atoms with Gasteiger partial charge in [0.1, 0.15) is 17.3 Å². The molecule has 3 aromatic rings. The number of nitrogens with zero attached hydrogens (tertiary/aromatic N) is 3. The molecule has 7 heteroatoms. The first-order valence-corrected chi connectivity index (χ1v) is 8.18. The summed E-state index contributed by atoms with van der Waals surface area (Å²) < 4.78 is 12.8. The zero-order chi connectivity index (χ0) is 18.2. The molecule has 0 aliphatic carbocycles. The third kappa shape index (κ3) is 5.07. The van der Waals surface area contributed by atoms with Gasteiger partial charge in [0.15, 0.2) is 0 Å². The Morgan fingerprint density at radius 1 is 0.962 bits per heavy atom. The molecule has 0 saturated heterocycles. The number of hydrogen-bond acceptors (Lipinski definition) is 5. The van der Waals surface area contributed by atoms with Crippen LogP contribution in [0.3, 0.4) is 0 Å². The van der Waals surface area contributed by atoms with E-state index >= 15 is 0 Å². The summed E-state index contributed by atoms with van der Waals surface area (Å²) in [5.41, 5.74) is 2.27. The number of anilines is 1. The summed E-state index contributed by atoms with van der Waals surface area (Å²) in [6, 6.07) is 10.0. The number of aromatic nitrogens is 3.